The van der Waals surface area contributed by atoms with Crippen LogP contribution in [-0.2, 0) is 9.53 Å². The maximum atomic E-state index is 11.8. The molecule has 3 nitrogen and oxygen atoms in total. The predicted molar refractivity (Wildman–Crippen MR) is 90.5 cm³/mol. The number of rotatable bonds is 13. The second kappa shape index (κ2) is 13.1. The van der Waals surface area contributed by atoms with Crippen LogP contribution in [0.4, 0.5) is 0 Å². The maximum Gasteiger partial charge on any atom is 0.320 e. The van der Waals surface area contributed by atoms with Crippen molar-refractivity contribution in [2.45, 2.75) is 73.1 Å². The van der Waals surface area contributed by atoms with E-state index in [1.807, 2.05) is 6.92 Å². The second-order valence-corrected chi connectivity index (χ2v) is 6.13. The van der Waals surface area contributed by atoms with Gasteiger partial charge in [-0.2, -0.15) is 0 Å². The Kier molecular flexibility index (Phi) is 12.8. The van der Waals surface area contributed by atoms with Crippen LogP contribution in [0.15, 0.2) is 0 Å². The predicted octanol–water partition coefficient (Wildman–Crippen LogP) is 4.50. The van der Waals surface area contributed by atoms with Crippen molar-refractivity contribution in [3.63, 3.8) is 0 Å². The SMILES string of the molecule is CCCC(CC)CN(CC(=O)OCC)CC(CC)CCC. The quantitative estimate of drug-likeness (QED) is 0.469. The third-order valence-corrected chi connectivity index (χ3v) is 4.24. The Balaban J connectivity index is 4.61. The fourth-order valence-electron chi connectivity index (χ4n) is 2.99. The van der Waals surface area contributed by atoms with Gasteiger partial charge in [-0.25, -0.2) is 0 Å². The molecule has 0 bridgehead atoms. The van der Waals surface area contributed by atoms with Crippen LogP contribution in [0.2, 0.25) is 0 Å². The third-order valence-electron chi connectivity index (χ3n) is 4.24. The minimum atomic E-state index is -0.0739. The first-order valence-corrected chi connectivity index (χ1v) is 8.98. The first-order valence-electron chi connectivity index (χ1n) is 8.98. The summed E-state index contributed by atoms with van der Waals surface area (Å²) in [6.45, 7) is 13.9. The van der Waals surface area contributed by atoms with Crippen molar-refractivity contribution in [3.8, 4) is 0 Å². The number of carbonyl (C=O) groups excluding carboxylic acids is 1. The maximum absolute atomic E-state index is 11.8. The van der Waals surface area contributed by atoms with Crippen molar-refractivity contribution in [1.82, 2.24) is 4.90 Å². The highest BCUT2D eigenvalue weighted by molar-refractivity contribution is 5.71. The smallest absolute Gasteiger partial charge is 0.320 e. The van der Waals surface area contributed by atoms with Crippen LogP contribution in [0, 0.1) is 11.8 Å². The van der Waals surface area contributed by atoms with Gasteiger partial charge in [0, 0.05) is 13.1 Å². The summed E-state index contributed by atoms with van der Waals surface area (Å²) in [5.41, 5.74) is 0. The molecule has 2 atom stereocenters. The summed E-state index contributed by atoms with van der Waals surface area (Å²) in [7, 11) is 0. The van der Waals surface area contributed by atoms with Gasteiger partial charge in [-0.3, -0.25) is 9.69 Å². The van der Waals surface area contributed by atoms with Gasteiger partial charge in [-0.1, -0.05) is 53.4 Å². The molecule has 0 aliphatic heterocycles. The van der Waals surface area contributed by atoms with Crippen molar-refractivity contribution in [3.05, 3.63) is 0 Å². The number of ether oxygens (including phenoxy) is 1. The van der Waals surface area contributed by atoms with Gasteiger partial charge in [-0.15, -0.1) is 0 Å². The molecule has 126 valence electrons. The summed E-state index contributed by atoms with van der Waals surface area (Å²) in [5, 5.41) is 0. The largest absolute Gasteiger partial charge is 0.465 e. The van der Waals surface area contributed by atoms with Gasteiger partial charge in [0.1, 0.15) is 0 Å². The summed E-state index contributed by atoms with van der Waals surface area (Å²) in [6, 6.07) is 0. The Morgan fingerprint density at radius 3 is 1.71 bits per heavy atom. The zero-order chi connectivity index (χ0) is 16.1. The molecule has 0 radical (unpaired) electrons. The Hall–Kier alpha value is -0.570. The molecule has 0 aromatic rings. The molecular weight excluding hydrogens is 262 g/mol. The minimum absolute atomic E-state index is 0.0739. The van der Waals surface area contributed by atoms with Crippen LogP contribution in [-0.4, -0.2) is 37.1 Å². The number of esters is 1. The zero-order valence-electron chi connectivity index (χ0n) is 15.0. The summed E-state index contributed by atoms with van der Waals surface area (Å²) >= 11 is 0. The molecule has 0 amide bonds. The van der Waals surface area contributed by atoms with E-state index in [1.54, 1.807) is 0 Å². The molecule has 0 saturated carbocycles. The van der Waals surface area contributed by atoms with E-state index in [2.05, 4.69) is 32.6 Å². The van der Waals surface area contributed by atoms with Crippen LogP contribution >= 0.6 is 0 Å². The minimum Gasteiger partial charge on any atom is -0.465 e. The third kappa shape index (κ3) is 9.89. The van der Waals surface area contributed by atoms with Crippen molar-refractivity contribution in [2.75, 3.05) is 26.2 Å². The van der Waals surface area contributed by atoms with Gasteiger partial charge in [0.15, 0.2) is 0 Å². The highest BCUT2D eigenvalue weighted by Gasteiger charge is 2.19. The van der Waals surface area contributed by atoms with Gasteiger partial charge >= 0.3 is 5.97 Å². The van der Waals surface area contributed by atoms with Crippen LogP contribution in [0.1, 0.15) is 73.1 Å². The molecule has 2 unspecified atom stereocenters. The van der Waals surface area contributed by atoms with E-state index in [0.717, 1.165) is 13.1 Å². The fraction of sp³-hybridized carbons (Fsp3) is 0.944. The Bertz CT molecular complexity index is 240. The molecule has 3 heteroatoms. The zero-order valence-corrected chi connectivity index (χ0v) is 15.0. The second-order valence-electron chi connectivity index (χ2n) is 6.13. The average Bonchev–Trinajstić information content (AvgIpc) is 2.46. The Morgan fingerprint density at radius 1 is 0.905 bits per heavy atom. The normalized spacial score (nSPS) is 14.2. The molecule has 0 aliphatic carbocycles. The molecule has 0 rings (SSSR count). The number of nitrogens with zero attached hydrogens (tertiary/aromatic N) is 1. The highest BCUT2D eigenvalue weighted by Crippen LogP contribution is 2.17. The summed E-state index contributed by atoms with van der Waals surface area (Å²) in [6.07, 6.45) is 7.33. The lowest BCUT2D eigenvalue weighted by Gasteiger charge is -2.29. The van der Waals surface area contributed by atoms with E-state index >= 15 is 0 Å². The first-order chi connectivity index (χ1) is 10.1. The van der Waals surface area contributed by atoms with Crippen LogP contribution < -0.4 is 0 Å². The van der Waals surface area contributed by atoms with Gasteiger partial charge in [0.2, 0.25) is 0 Å². The molecule has 0 saturated heterocycles. The van der Waals surface area contributed by atoms with E-state index in [0.29, 0.717) is 25.0 Å². The Morgan fingerprint density at radius 2 is 1.38 bits per heavy atom. The number of hydrogen-bond donors (Lipinski definition) is 0. The summed E-state index contributed by atoms with van der Waals surface area (Å²) in [5.74, 6) is 1.32. The van der Waals surface area contributed by atoms with Crippen molar-refractivity contribution in [1.29, 1.82) is 0 Å². The van der Waals surface area contributed by atoms with Crippen molar-refractivity contribution in [2.24, 2.45) is 11.8 Å². The fourth-order valence-corrected chi connectivity index (χ4v) is 2.99. The highest BCUT2D eigenvalue weighted by atomic mass is 16.5. The number of hydrogen-bond acceptors (Lipinski definition) is 3. The van der Waals surface area contributed by atoms with E-state index < -0.39 is 0 Å². The van der Waals surface area contributed by atoms with Gasteiger partial charge < -0.3 is 4.74 Å². The van der Waals surface area contributed by atoms with Gasteiger partial charge in [-0.05, 0) is 31.6 Å². The standard InChI is InChI=1S/C18H37NO2/c1-6-11-16(8-3)13-19(15-18(20)21-10-5)14-17(9-4)12-7-2/h16-17H,6-15H2,1-5H3. The number of carbonyl (C=O) groups is 1. The van der Waals surface area contributed by atoms with E-state index in [-0.39, 0.29) is 5.97 Å². The lowest BCUT2D eigenvalue weighted by molar-refractivity contribution is -0.144. The molecular formula is C18H37NO2. The van der Waals surface area contributed by atoms with Crippen LogP contribution in [0.5, 0.6) is 0 Å². The van der Waals surface area contributed by atoms with Gasteiger partial charge in [0.25, 0.3) is 0 Å². The van der Waals surface area contributed by atoms with Crippen LogP contribution in [0.25, 0.3) is 0 Å². The van der Waals surface area contributed by atoms with Crippen molar-refractivity contribution >= 4 is 5.97 Å². The average molecular weight is 299 g/mol. The molecule has 0 aliphatic rings. The molecule has 0 aromatic carbocycles. The molecule has 0 spiro atoms. The summed E-state index contributed by atoms with van der Waals surface area (Å²) in [4.78, 5) is 14.2. The monoisotopic (exact) mass is 299 g/mol. The van der Waals surface area contributed by atoms with E-state index in [4.69, 9.17) is 4.74 Å². The summed E-state index contributed by atoms with van der Waals surface area (Å²) < 4.78 is 5.14. The van der Waals surface area contributed by atoms with E-state index in [1.165, 1.54) is 38.5 Å². The van der Waals surface area contributed by atoms with E-state index in [9.17, 15) is 4.79 Å². The van der Waals surface area contributed by atoms with Gasteiger partial charge in [0.05, 0.1) is 13.2 Å². The topological polar surface area (TPSA) is 29.5 Å². The molecule has 0 fully saturated rings. The molecule has 0 N–H and O–H groups in total. The lowest BCUT2D eigenvalue weighted by Crippen LogP contribution is -2.38. The Labute approximate surface area is 132 Å². The molecule has 0 heterocycles. The molecule has 21 heavy (non-hydrogen) atoms. The molecule has 0 aromatic heterocycles. The lowest BCUT2D eigenvalue weighted by atomic mass is 9.97. The van der Waals surface area contributed by atoms with Crippen molar-refractivity contribution < 1.29 is 9.53 Å². The first kappa shape index (κ1) is 20.4. The van der Waals surface area contributed by atoms with Crippen LogP contribution in [0.3, 0.4) is 0 Å².